The zero-order valence-corrected chi connectivity index (χ0v) is 15.8. The van der Waals surface area contributed by atoms with Crippen LogP contribution in [0.5, 0.6) is 0 Å². The Morgan fingerprint density at radius 1 is 1.25 bits per heavy atom. The summed E-state index contributed by atoms with van der Waals surface area (Å²) in [5, 5.41) is 3.21. The molecular formula is C19H17F2N3O3S. The second kappa shape index (κ2) is 8.94. The topological polar surface area (TPSA) is 73.2 Å². The fraction of sp³-hybridized carbons (Fsp3) is 0.211. The Bertz CT molecular complexity index is 1070. The Labute approximate surface area is 163 Å². The number of rotatable bonds is 7. The number of carbonyl (C=O) groups excluding carboxylic acids is 1. The molecule has 1 amide bonds. The maximum Gasteiger partial charge on any atom is 0.262 e. The van der Waals surface area contributed by atoms with Gasteiger partial charge < -0.3 is 10.1 Å². The minimum Gasteiger partial charge on any atom is -0.383 e. The van der Waals surface area contributed by atoms with E-state index in [1.807, 2.05) is 0 Å². The molecule has 0 bridgehead atoms. The summed E-state index contributed by atoms with van der Waals surface area (Å²) in [5.74, 6) is -2.20. The molecule has 0 saturated heterocycles. The molecule has 0 saturated carbocycles. The first-order chi connectivity index (χ1) is 13.5. The van der Waals surface area contributed by atoms with E-state index in [1.54, 1.807) is 24.3 Å². The van der Waals surface area contributed by atoms with Gasteiger partial charge in [-0.1, -0.05) is 23.9 Å². The molecule has 1 N–H and O–H groups in total. The summed E-state index contributed by atoms with van der Waals surface area (Å²) in [4.78, 5) is 29.4. The van der Waals surface area contributed by atoms with Crippen molar-refractivity contribution in [1.29, 1.82) is 0 Å². The number of halogens is 2. The zero-order chi connectivity index (χ0) is 20.1. The molecule has 0 fully saturated rings. The highest BCUT2D eigenvalue weighted by Gasteiger charge is 2.14. The molecule has 0 atom stereocenters. The average molecular weight is 405 g/mol. The van der Waals surface area contributed by atoms with Crippen LogP contribution in [0.25, 0.3) is 10.9 Å². The monoisotopic (exact) mass is 405 g/mol. The zero-order valence-electron chi connectivity index (χ0n) is 14.9. The highest BCUT2D eigenvalue weighted by molar-refractivity contribution is 7.99. The van der Waals surface area contributed by atoms with Crippen molar-refractivity contribution in [3.63, 3.8) is 0 Å². The number of para-hydroxylation sites is 1. The summed E-state index contributed by atoms with van der Waals surface area (Å²) in [7, 11) is 1.52. The fourth-order valence-electron chi connectivity index (χ4n) is 2.54. The fourth-order valence-corrected chi connectivity index (χ4v) is 3.37. The van der Waals surface area contributed by atoms with E-state index in [0.717, 1.165) is 23.9 Å². The Balaban J connectivity index is 1.80. The van der Waals surface area contributed by atoms with Gasteiger partial charge in [-0.05, 0) is 24.3 Å². The number of hydrogen-bond acceptors (Lipinski definition) is 5. The number of fused-ring (bicyclic) bond motifs is 1. The van der Waals surface area contributed by atoms with E-state index < -0.39 is 17.5 Å². The van der Waals surface area contributed by atoms with Gasteiger partial charge in [0.2, 0.25) is 5.91 Å². The average Bonchev–Trinajstić information content (AvgIpc) is 2.68. The normalized spacial score (nSPS) is 11.0. The summed E-state index contributed by atoms with van der Waals surface area (Å²) in [6, 6.07) is 9.82. The van der Waals surface area contributed by atoms with E-state index in [0.29, 0.717) is 28.7 Å². The number of thioether (sulfide) groups is 1. The Morgan fingerprint density at radius 2 is 2.04 bits per heavy atom. The maximum atomic E-state index is 13.7. The Kier molecular flexibility index (Phi) is 6.37. The third-order valence-corrected chi connectivity index (χ3v) is 4.86. The van der Waals surface area contributed by atoms with E-state index in [1.165, 1.54) is 11.7 Å². The molecule has 3 aromatic rings. The number of nitrogens with one attached hydrogen (secondary N) is 1. The summed E-state index contributed by atoms with van der Waals surface area (Å²) >= 11 is 1.05. The standard InChI is InChI=1S/C19H17F2N3O3S/c1-27-9-8-24-18(26)13-4-2-3-5-15(13)23-19(24)28-11-17(25)22-16-7-6-12(20)10-14(16)21/h2-7,10H,8-9,11H2,1H3,(H,22,25). The number of amides is 1. The lowest BCUT2D eigenvalue weighted by atomic mass is 10.2. The molecule has 0 aliphatic rings. The van der Waals surface area contributed by atoms with Gasteiger partial charge in [-0.3, -0.25) is 14.2 Å². The van der Waals surface area contributed by atoms with Gasteiger partial charge in [0, 0.05) is 13.2 Å². The van der Waals surface area contributed by atoms with Crippen molar-refractivity contribution in [3.8, 4) is 0 Å². The Hall–Kier alpha value is -2.78. The van der Waals surface area contributed by atoms with E-state index in [2.05, 4.69) is 10.3 Å². The SMILES string of the molecule is COCCn1c(SCC(=O)Nc2ccc(F)cc2F)nc2ccccc2c1=O. The first kappa shape index (κ1) is 20.0. The molecular weight excluding hydrogens is 388 g/mol. The van der Waals surface area contributed by atoms with Gasteiger partial charge in [0.25, 0.3) is 5.56 Å². The highest BCUT2D eigenvalue weighted by atomic mass is 32.2. The second-order valence-electron chi connectivity index (χ2n) is 5.82. The van der Waals surface area contributed by atoms with Crippen LogP contribution in [0.15, 0.2) is 52.4 Å². The molecule has 9 heteroatoms. The van der Waals surface area contributed by atoms with E-state index in [-0.39, 0.29) is 23.5 Å². The third kappa shape index (κ3) is 4.55. The van der Waals surface area contributed by atoms with Crippen LogP contribution in [0.2, 0.25) is 0 Å². The molecule has 6 nitrogen and oxygen atoms in total. The first-order valence-electron chi connectivity index (χ1n) is 8.36. The maximum absolute atomic E-state index is 13.7. The molecule has 28 heavy (non-hydrogen) atoms. The van der Waals surface area contributed by atoms with Crippen LogP contribution in [0.1, 0.15) is 0 Å². The molecule has 0 aliphatic carbocycles. The molecule has 0 radical (unpaired) electrons. The number of anilines is 1. The second-order valence-corrected chi connectivity index (χ2v) is 6.76. The predicted octanol–water partition coefficient (Wildman–Crippen LogP) is 3.05. The predicted molar refractivity (Wildman–Crippen MR) is 104 cm³/mol. The van der Waals surface area contributed by atoms with Crippen LogP contribution >= 0.6 is 11.8 Å². The van der Waals surface area contributed by atoms with Crippen LogP contribution in [0.4, 0.5) is 14.5 Å². The lowest BCUT2D eigenvalue weighted by Crippen LogP contribution is -2.26. The van der Waals surface area contributed by atoms with Gasteiger partial charge in [0.05, 0.1) is 35.5 Å². The van der Waals surface area contributed by atoms with Crippen LogP contribution in [-0.2, 0) is 16.1 Å². The summed E-state index contributed by atoms with van der Waals surface area (Å²) in [6.45, 7) is 0.587. The van der Waals surface area contributed by atoms with Gasteiger partial charge in [-0.25, -0.2) is 13.8 Å². The van der Waals surface area contributed by atoms with Gasteiger partial charge in [-0.15, -0.1) is 0 Å². The van der Waals surface area contributed by atoms with Crippen molar-refractivity contribution in [2.24, 2.45) is 0 Å². The van der Waals surface area contributed by atoms with Crippen molar-refractivity contribution >= 4 is 34.3 Å². The molecule has 0 spiro atoms. The minimum absolute atomic E-state index is 0.103. The van der Waals surface area contributed by atoms with Crippen molar-refractivity contribution < 1.29 is 18.3 Å². The minimum atomic E-state index is -0.862. The highest BCUT2D eigenvalue weighted by Crippen LogP contribution is 2.19. The molecule has 1 heterocycles. The van der Waals surface area contributed by atoms with Gasteiger partial charge >= 0.3 is 0 Å². The third-order valence-electron chi connectivity index (χ3n) is 3.88. The largest absolute Gasteiger partial charge is 0.383 e. The van der Waals surface area contributed by atoms with Crippen molar-refractivity contribution in [1.82, 2.24) is 9.55 Å². The van der Waals surface area contributed by atoms with Crippen LogP contribution in [-0.4, -0.2) is 34.9 Å². The lowest BCUT2D eigenvalue weighted by Gasteiger charge is -2.13. The quantitative estimate of drug-likeness (QED) is 0.483. The van der Waals surface area contributed by atoms with E-state index in [4.69, 9.17) is 4.74 Å². The van der Waals surface area contributed by atoms with Gasteiger partial charge in [-0.2, -0.15) is 0 Å². The number of benzene rings is 2. The Morgan fingerprint density at radius 3 is 2.79 bits per heavy atom. The number of ether oxygens (including phenoxy) is 1. The number of aromatic nitrogens is 2. The molecule has 3 rings (SSSR count). The van der Waals surface area contributed by atoms with E-state index in [9.17, 15) is 18.4 Å². The van der Waals surface area contributed by atoms with Crippen LogP contribution in [0, 0.1) is 11.6 Å². The van der Waals surface area contributed by atoms with Gasteiger partial charge in [0.1, 0.15) is 11.6 Å². The number of methoxy groups -OCH3 is 1. The molecule has 146 valence electrons. The van der Waals surface area contributed by atoms with Crippen molar-refractivity contribution in [2.45, 2.75) is 11.7 Å². The smallest absolute Gasteiger partial charge is 0.262 e. The summed E-state index contributed by atoms with van der Waals surface area (Å²) in [5.41, 5.74) is 0.180. The van der Waals surface area contributed by atoms with Gasteiger partial charge in [0.15, 0.2) is 5.16 Å². The molecule has 0 unspecified atom stereocenters. The summed E-state index contributed by atoms with van der Waals surface area (Å²) < 4.78 is 33.1. The van der Waals surface area contributed by atoms with Crippen molar-refractivity contribution in [2.75, 3.05) is 24.8 Å². The molecule has 2 aromatic carbocycles. The number of carbonyl (C=O) groups is 1. The molecule has 0 aliphatic heterocycles. The van der Waals surface area contributed by atoms with E-state index >= 15 is 0 Å². The first-order valence-corrected chi connectivity index (χ1v) is 9.34. The molecule has 1 aromatic heterocycles. The summed E-state index contributed by atoms with van der Waals surface area (Å²) in [6.07, 6.45) is 0. The van der Waals surface area contributed by atoms with Crippen molar-refractivity contribution in [3.05, 3.63) is 64.5 Å². The number of hydrogen-bond donors (Lipinski definition) is 1. The van der Waals surface area contributed by atoms with Crippen LogP contribution in [0.3, 0.4) is 0 Å². The lowest BCUT2D eigenvalue weighted by molar-refractivity contribution is -0.113. The number of nitrogens with zero attached hydrogens (tertiary/aromatic N) is 2. The van der Waals surface area contributed by atoms with Crippen LogP contribution < -0.4 is 10.9 Å².